The van der Waals surface area contributed by atoms with Gasteiger partial charge in [-0.2, -0.15) is 0 Å². The second-order valence-corrected chi connectivity index (χ2v) is 7.64. The minimum absolute atomic E-state index is 0. The van der Waals surface area contributed by atoms with E-state index < -0.39 is 6.04 Å². The fourth-order valence-electron chi connectivity index (χ4n) is 4.21. The molecule has 1 atom stereocenters. The van der Waals surface area contributed by atoms with Gasteiger partial charge in [-0.1, -0.05) is 24.3 Å². The third-order valence-electron chi connectivity index (χ3n) is 5.75. The Bertz CT molecular complexity index is 900. The maximum Gasteiger partial charge on any atom is 0.239 e. The third kappa shape index (κ3) is 4.48. The first-order valence-electron chi connectivity index (χ1n) is 9.95. The van der Waals surface area contributed by atoms with Crippen molar-refractivity contribution >= 4 is 24.0 Å². The zero-order valence-electron chi connectivity index (χ0n) is 17.0. The van der Waals surface area contributed by atoms with E-state index in [1.807, 2.05) is 43.3 Å². The largest absolute Gasteiger partial charge is 0.454 e. The molecule has 30 heavy (non-hydrogen) atoms. The van der Waals surface area contributed by atoms with Crippen LogP contribution in [0.4, 0.5) is 5.69 Å². The number of halogens is 1. The highest BCUT2D eigenvalue weighted by molar-refractivity contribution is 5.85. The van der Waals surface area contributed by atoms with Crippen molar-refractivity contribution in [2.24, 2.45) is 5.73 Å². The van der Waals surface area contributed by atoms with Gasteiger partial charge in [0.15, 0.2) is 11.5 Å². The third-order valence-corrected chi connectivity index (χ3v) is 5.75. The molecule has 0 bridgehead atoms. The number of amides is 1. The molecule has 2 aromatic carbocycles. The van der Waals surface area contributed by atoms with Crippen LogP contribution in [0.15, 0.2) is 36.4 Å². The van der Waals surface area contributed by atoms with Crippen LogP contribution in [0.2, 0.25) is 0 Å². The van der Waals surface area contributed by atoms with E-state index in [9.17, 15) is 9.90 Å². The lowest BCUT2D eigenvalue weighted by atomic mass is 9.97. The number of aryl methyl sites for hydroxylation is 1. The van der Waals surface area contributed by atoms with Gasteiger partial charge in [-0.15, -0.1) is 12.4 Å². The smallest absolute Gasteiger partial charge is 0.239 e. The number of carbonyl (C=O) groups is 1. The fourth-order valence-corrected chi connectivity index (χ4v) is 4.21. The van der Waals surface area contributed by atoms with E-state index in [2.05, 4.69) is 10.2 Å². The van der Waals surface area contributed by atoms with E-state index in [1.54, 1.807) is 0 Å². The van der Waals surface area contributed by atoms with Crippen LogP contribution in [-0.4, -0.2) is 41.8 Å². The summed E-state index contributed by atoms with van der Waals surface area (Å²) < 4.78 is 10.8. The number of nitrogens with one attached hydrogen (secondary N) is 1. The zero-order valence-corrected chi connectivity index (χ0v) is 17.8. The number of ether oxygens (including phenoxy) is 2. The molecule has 2 heterocycles. The Morgan fingerprint density at radius 3 is 2.67 bits per heavy atom. The first-order valence-corrected chi connectivity index (χ1v) is 9.95. The summed E-state index contributed by atoms with van der Waals surface area (Å²) in [6, 6.07) is 11.3. The van der Waals surface area contributed by atoms with Crippen LogP contribution in [0.3, 0.4) is 0 Å². The van der Waals surface area contributed by atoms with Gasteiger partial charge in [-0.25, -0.2) is 0 Å². The molecule has 1 fully saturated rings. The van der Waals surface area contributed by atoms with Crippen molar-refractivity contribution in [2.45, 2.75) is 38.5 Å². The number of rotatable bonds is 6. The first kappa shape index (κ1) is 22.2. The van der Waals surface area contributed by atoms with Crippen molar-refractivity contribution in [2.75, 3.05) is 25.2 Å². The number of likely N-dealkylation sites (tertiary alicyclic amines) is 1. The average Bonchev–Trinajstić information content (AvgIpc) is 3.18. The Hall–Kier alpha value is -2.48. The van der Waals surface area contributed by atoms with E-state index in [4.69, 9.17) is 15.2 Å². The summed E-state index contributed by atoms with van der Waals surface area (Å²) in [4.78, 5) is 14.4. The number of anilines is 1. The van der Waals surface area contributed by atoms with Crippen molar-refractivity contribution in [3.8, 4) is 11.5 Å². The highest BCUT2D eigenvalue weighted by atomic mass is 35.5. The molecule has 8 heteroatoms. The summed E-state index contributed by atoms with van der Waals surface area (Å²) in [6.07, 6.45) is 1.76. The zero-order chi connectivity index (χ0) is 20.4. The van der Waals surface area contributed by atoms with Crippen molar-refractivity contribution in [1.82, 2.24) is 4.90 Å². The van der Waals surface area contributed by atoms with E-state index >= 15 is 0 Å². The number of fused-ring (bicyclic) bond motifs is 1. The molecule has 7 nitrogen and oxygen atoms in total. The van der Waals surface area contributed by atoms with Crippen LogP contribution in [0.5, 0.6) is 11.5 Å². The molecule has 4 rings (SSSR count). The van der Waals surface area contributed by atoms with E-state index in [-0.39, 0.29) is 37.8 Å². The normalized spacial score (nSPS) is 17.3. The van der Waals surface area contributed by atoms with Crippen molar-refractivity contribution < 1.29 is 19.4 Å². The molecule has 1 saturated heterocycles. The van der Waals surface area contributed by atoms with Gasteiger partial charge in [0.05, 0.1) is 6.61 Å². The Kier molecular flexibility index (Phi) is 7.07. The quantitative estimate of drug-likeness (QED) is 0.648. The first-order chi connectivity index (χ1) is 14.1. The summed E-state index contributed by atoms with van der Waals surface area (Å²) >= 11 is 0. The number of piperidine rings is 1. The lowest BCUT2D eigenvalue weighted by Crippen LogP contribution is -2.45. The Morgan fingerprint density at radius 2 is 1.97 bits per heavy atom. The van der Waals surface area contributed by atoms with Crippen LogP contribution in [0.25, 0.3) is 0 Å². The number of hydrogen-bond donors (Lipinski definition) is 3. The molecule has 4 N–H and O–H groups in total. The van der Waals surface area contributed by atoms with Gasteiger partial charge in [0.2, 0.25) is 12.7 Å². The van der Waals surface area contributed by atoms with Gasteiger partial charge >= 0.3 is 0 Å². The van der Waals surface area contributed by atoms with Gasteiger partial charge < -0.3 is 25.6 Å². The molecule has 0 aromatic heterocycles. The maximum atomic E-state index is 12.3. The Morgan fingerprint density at radius 1 is 1.23 bits per heavy atom. The standard InChI is InChI=1S/C22H27N3O4.ClH/c1-14-3-2-4-16(12-26)20(14)24-17-7-9-25(10-8-17)21(22(23)27)15-5-6-18-19(11-15)29-13-28-18;/h2-6,11,17,21,24,26H,7-10,12-13H2,1H3,(H2,23,27);1H. The number of nitrogens with zero attached hydrogens (tertiary/aromatic N) is 1. The topological polar surface area (TPSA) is 97.1 Å². The van der Waals surface area contributed by atoms with Gasteiger partial charge in [-0.05, 0) is 43.0 Å². The van der Waals surface area contributed by atoms with Gasteiger partial charge in [0.25, 0.3) is 0 Å². The van der Waals surface area contributed by atoms with Gasteiger partial charge in [0, 0.05) is 30.4 Å². The number of aliphatic hydroxyl groups excluding tert-OH is 1. The molecular weight excluding hydrogens is 406 g/mol. The molecule has 1 unspecified atom stereocenters. The lowest BCUT2D eigenvalue weighted by Gasteiger charge is -2.37. The van der Waals surface area contributed by atoms with Crippen LogP contribution in [0, 0.1) is 6.92 Å². The molecular formula is C22H28ClN3O4. The number of hydrogen-bond acceptors (Lipinski definition) is 6. The van der Waals surface area contributed by atoms with E-state index in [1.165, 1.54) is 0 Å². The monoisotopic (exact) mass is 433 g/mol. The van der Waals surface area contributed by atoms with Gasteiger partial charge in [-0.3, -0.25) is 9.69 Å². The minimum Gasteiger partial charge on any atom is -0.454 e. The molecule has 0 spiro atoms. The number of primary amides is 1. The summed E-state index contributed by atoms with van der Waals surface area (Å²) in [5, 5.41) is 13.2. The number of para-hydroxylation sites is 1. The molecule has 2 aliphatic heterocycles. The highest BCUT2D eigenvalue weighted by Gasteiger charge is 2.31. The lowest BCUT2D eigenvalue weighted by molar-refractivity contribution is -0.123. The van der Waals surface area contributed by atoms with Crippen molar-refractivity contribution in [3.63, 3.8) is 0 Å². The summed E-state index contributed by atoms with van der Waals surface area (Å²) in [5.74, 6) is 0.982. The average molecular weight is 434 g/mol. The molecule has 2 aromatic rings. The number of benzene rings is 2. The molecule has 0 radical (unpaired) electrons. The Balaban J connectivity index is 0.00000256. The van der Waals surface area contributed by atoms with E-state index in [0.29, 0.717) is 11.5 Å². The second-order valence-electron chi connectivity index (χ2n) is 7.64. The molecule has 162 valence electrons. The fraction of sp³-hybridized carbons (Fsp3) is 0.409. The molecule has 1 amide bonds. The van der Waals surface area contributed by atoms with Crippen LogP contribution in [0.1, 0.15) is 35.6 Å². The molecule has 0 aliphatic carbocycles. The number of carbonyl (C=O) groups excluding carboxylic acids is 1. The highest BCUT2D eigenvalue weighted by Crippen LogP contribution is 2.36. The van der Waals surface area contributed by atoms with Crippen molar-refractivity contribution in [3.05, 3.63) is 53.1 Å². The maximum absolute atomic E-state index is 12.3. The van der Waals surface area contributed by atoms with Gasteiger partial charge in [0.1, 0.15) is 6.04 Å². The molecule has 0 saturated carbocycles. The summed E-state index contributed by atoms with van der Waals surface area (Å²) in [7, 11) is 0. The SMILES string of the molecule is Cc1cccc(CO)c1NC1CCN(C(C(N)=O)c2ccc3c(c2)OCO3)CC1.Cl. The Labute approximate surface area is 182 Å². The van der Waals surface area contributed by atoms with E-state index in [0.717, 1.165) is 48.3 Å². The number of nitrogens with two attached hydrogens (primary N) is 1. The second kappa shape index (κ2) is 9.55. The van der Waals surface area contributed by atoms with Crippen LogP contribution >= 0.6 is 12.4 Å². The molecule has 2 aliphatic rings. The predicted octanol–water partition coefficient (Wildman–Crippen LogP) is 2.74. The van der Waals surface area contributed by atoms with Crippen molar-refractivity contribution in [1.29, 1.82) is 0 Å². The minimum atomic E-state index is -0.489. The predicted molar refractivity (Wildman–Crippen MR) is 117 cm³/mol. The van der Waals surface area contributed by atoms with Crippen LogP contribution in [-0.2, 0) is 11.4 Å². The van der Waals surface area contributed by atoms with Crippen LogP contribution < -0.4 is 20.5 Å². The summed E-state index contributed by atoms with van der Waals surface area (Å²) in [5.41, 5.74) is 9.63. The number of aliphatic hydroxyl groups is 1. The summed E-state index contributed by atoms with van der Waals surface area (Å²) in [6.45, 7) is 3.75.